The molecule has 1 N–H and O–H groups in total. The van der Waals surface area contributed by atoms with Crippen molar-refractivity contribution in [1.82, 2.24) is 5.32 Å². The first-order valence-corrected chi connectivity index (χ1v) is 10.6. The summed E-state index contributed by atoms with van der Waals surface area (Å²) < 4.78 is 23.5. The van der Waals surface area contributed by atoms with Crippen molar-refractivity contribution >= 4 is 27.5 Å². The number of nitrogens with one attached hydrogen (secondary N) is 1. The van der Waals surface area contributed by atoms with Crippen LogP contribution in [0.1, 0.15) is 33.9 Å². The van der Waals surface area contributed by atoms with E-state index in [0.717, 1.165) is 29.6 Å². The first kappa shape index (κ1) is 17.0. The van der Waals surface area contributed by atoms with Crippen molar-refractivity contribution in [3.63, 3.8) is 0 Å². The molecule has 2 aromatic carbocycles. The molecular weight excluding hydrogens is 342 g/mol. The molecule has 0 radical (unpaired) electrons. The van der Waals surface area contributed by atoms with Crippen LogP contribution in [0.3, 0.4) is 0 Å². The van der Waals surface area contributed by atoms with Crippen LogP contribution in [-0.2, 0) is 9.84 Å². The van der Waals surface area contributed by atoms with Gasteiger partial charge in [0.15, 0.2) is 9.84 Å². The zero-order valence-electron chi connectivity index (χ0n) is 13.6. The average Bonchev–Trinajstić information content (AvgIpc) is 2.54. The van der Waals surface area contributed by atoms with Crippen LogP contribution in [-0.4, -0.2) is 26.3 Å². The average molecular weight is 361 g/mol. The molecule has 0 bridgehead atoms. The maximum absolute atomic E-state index is 12.7. The Balaban J connectivity index is 1.89. The van der Waals surface area contributed by atoms with E-state index in [2.05, 4.69) is 11.4 Å². The third-order valence-electron chi connectivity index (χ3n) is 4.15. The van der Waals surface area contributed by atoms with E-state index in [0.29, 0.717) is 5.56 Å². The number of hydrogen-bond acceptors (Lipinski definition) is 4. The van der Waals surface area contributed by atoms with Crippen LogP contribution in [0.25, 0.3) is 0 Å². The fourth-order valence-electron chi connectivity index (χ4n) is 2.80. The number of sulfone groups is 1. The Morgan fingerprint density at radius 3 is 2.71 bits per heavy atom. The lowest BCUT2D eigenvalue weighted by Gasteiger charge is -2.26. The molecule has 24 heavy (non-hydrogen) atoms. The maximum Gasteiger partial charge on any atom is 0.252 e. The molecule has 1 amide bonds. The quantitative estimate of drug-likeness (QED) is 0.910. The van der Waals surface area contributed by atoms with Crippen molar-refractivity contribution in [3.8, 4) is 0 Å². The molecule has 1 heterocycles. The van der Waals surface area contributed by atoms with E-state index in [1.54, 1.807) is 17.8 Å². The van der Waals surface area contributed by atoms with E-state index < -0.39 is 9.84 Å². The van der Waals surface area contributed by atoms with Crippen LogP contribution in [0.5, 0.6) is 0 Å². The van der Waals surface area contributed by atoms with Crippen LogP contribution >= 0.6 is 11.8 Å². The second-order valence-electron chi connectivity index (χ2n) is 5.95. The number of fused-ring (bicyclic) bond motifs is 1. The summed E-state index contributed by atoms with van der Waals surface area (Å²) in [6.45, 7) is 1.81. The van der Waals surface area contributed by atoms with Gasteiger partial charge in [0.25, 0.3) is 5.91 Å². The van der Waals surface area contributed by atoms with Gasteiger partial charge in [-0.25, -0.2) is 8.42 Å². The maximum atomic E-state index is 12.7. The Morgan fingerprint density at radius 1 is 1.21 bits per heavy atom. The van der Waals surface area contributed by atoms with E-state index in [1.807, 2.05) is 25.1 Å². The summed E-state index contributed by atoms with van der Waals surface area (Å²) in [7, 11) is -3.34. The Bertz CT molecular complexity index is 891. The molecule has 1 aliphatic heterocycles. The molecule has 0 saturated heterocycles. The lowest BCUT2D eigenvalue weighted by molar-refractivity contribution is 0.0934. The van der Waals surface area contributed by atoms with Gasteiger partial charge in [0.1, 0.15) is 0 Å². The van der Waals surface area contributed by atoms with Gasteiger partial charge in [0, 0.05) is 22.5 Å². The highest BCUT2D eigenvalue weighted by atomic mass is 32.2. The number of carbonyl (C=O) groups excluding carboxylic acids is 1. The molecule has 0 aromatic heterocycles. The van der Waals surface area contributed by atoms with Gasteiger partial charge in [-0.2, -0.15) is 0 Å². The number of carbonyl (C=O) groups is 1. The molecule has 6 heteroatoms. The summed E-state index contributed by atoms with van der Waals surface area (Å²) >= 11 is 1.79. The molecule has 0 aliphatic carbocycles. The third kappa shape index (κ3) is 3.49. The second-order valence-corrected chi connectivity index (χ2v) is 9.10. The minimum atomic E-state index is -3.34. The van der Waals surface area contributed by atoms with Crippen LogP contribution in [0.4, 0.5) is 0 Å². The first-order chi connectivity index (χ1) is 11.4. The van der Waals surface area contributed by atoms with Crippen LogP contribution in [0.2, 0.25) is 0 Å². The molecule has 1 unspecified atom stereocenters. The third-order valence-corrected chi connectivity index (χ3v) is 6.38. The Kier molecular flexibility index (Phi) is 4.69. The monoisotopic (exact) mass is 361 g/mol. The number of benzene rings is 2. The molecule has 2 aromatic rings. The summed E-state index contributed by atoms with van der Waals surface area (Å²) in [6, 6.07) is 12.7. The number of thioether (sulfide) groups is 1. The molecular formula is C18H19NO3S2. The smallest absolute Gasteiger partial charge is 0.252 e. The van der Waals surface area contributed by atoms with E-state index in [-0.39, 0.29) is 16.8 Å². The van der Waals surface area contributed by atoms with Crippen molar-refractivity contribution in [2.45, 2.75) is 29.2 Å². The fourth-order valence-corrected chi connectivity index (χ4v) is 4.58. The van der Waals surface area contributed by atoms with Crippen molar-refractivity contribution in [1.29, 1.82) is 0 Å². The SMILES string of the molecule is Cc1ccc(S(C)(=O)=O)cc1C(=O)NC1CCSc2ccccc21. The van der Waals surface area contributed by atoms with Crippen LogP contribution < -0.4 is 5.32 Å². The highest BCUT2D eigenvalue weighted by Gasteiger charge is 2.23. The summed E-state index contributed by atoms with van der Waals surface area (Å²) in [4.78, 5) is 14.1. The Hall–Kier alpha value is -1.79. The largest absolute Gasteiger partial charge is 0.345 e. The van der Waals surface area contributed by atoms with E-state index >= 15 is 0 Å². The highest BCUT2D eigenvalue weighted by Crippen LogP contribution is 2.36. The van der Waals surface area contributed by atoms with Crippen molar-refractivity contribution in [2.75, 3.05) is 12.0 Å². The predicted molar refractivity (Wildman–Crippen MR) is 96.3 cm³/mol. The summed E-state index contributed by atoms with van der Waals surface area (Å²) in [6.07, 6.45) is 2.01. The highest BCUT2D eigenvalue weighted by molar-refractivity contribution is 7.99. The number of aryl methyl sites for hydroxylation is 1. The summed E-state index contributed by atoms with van der Waals surface area (Å²) in [5.41, 5.74) is 2.30. The predicted octanol–water partition coefficient (Wildman–Crippen LogP) is 3.37. The standard InChI is InChI=1S/C18H19NO3S2/c1-12-7-8-13(24(2,21)22)11-15(12)18(20)19-16-9-10-23-17-6-4-3-5-14(16)17/h3-8,11,16H,9-10H2,1-2H3,(H,19,20). The number of hydrogen-bond donors (Lipinski definition) is 1. The zero-order valence-corrected chi connectivity index (χ0v) is 15.2. The Morgan fingerprint density at radius 2 is 1.96 bits per heavy atom. The van der Waals surface area contributed by atoms with Gasteiger partial charge in [0.2, 0.25) is 0 Å². The summed E-state index contributed by atoms with van der Waals surface area (Å²) in [5.74, 6) is 0.717. The topological polar surface area (TPSA) is 63.2 Å². The molecule has 0 saturated carbocycles. The van der Waals surface area contributed by atoms with Gasteiger partial charge in [0.05, 0.1) is 10.9 Å². The van der Waals surface area contributed by atoms with Gasteiger partial charge in [-0.1, -0.05) is 24.3 Å². The van der Waals surface area contributed by atoms with Gasteiger partial charge in [-0.05, 0) is 42.7 Å². The minimum absolute atomic E-state index is 0.0451. The van der Waals surface area contributed by atoms with Crippen LogP contribution in [0, 0.1) is 6.92 Å². The van der Waals surface area contributed by atoms with Crippen molar-refractivity contribution in [2.24, 2.45) is 0 Å². The fraction of sp³-hybridized carbons (Fsp3) is 0.278. The Labute approximate surface area is 146 Å². The van der Waals surface area contributed by atoms with Gasteiger partial charge < -0.3 is 5.32 Å². The van der Waals surface area contributed by atoms with E-state index in [9.17, 15) is 13.2 Å². The first-order valence-electron chi connectivity index (χ1n) is 7.69. The summed E-state index contributed by atoms with van der Waals surface area (Å²) in [5, 5.41) is 3.06. The second kappa shape index (κ2) is 6.61. The molecule has 1 aliphatic rings. The lowest BCUT2D eigenvalue weighted by atomic mass is 10.0. The van der Waals surface area contributed by atoms with Gasteiger partial charge >= 0.3 is 0 Å². The van der Waals surface area contributed by atoms with Gasteiger partial charge in [-0.15, -0.1) is 11.8 Å². The van der Waals surface area contributed by atoms with Crippen molar-refractivity contribution in [3.05, 3.63) is 59.2 Å². The molecule has 4 nitrogen and oxygen atoms in total. The van der Waals surface area contributed by atoms with Crippen LogP contribution in [0.15, 0.2) is 52.3 Å². The van der Waals surface area contributed by atoms with E-state index in [1.165, 1.54) is 17.0 Å². The molecule has 1 atom stereocenters. The van der Waals surface area contributed by atoms with Crippen molar-refractivity contribution < 1.29 is 13.2 Å². The normalized spacial score (nSPS) is 17.2. The molecule has 126 valence electrons. The number of amides is 1. The minimum Gasteiger partial charge on any atom is -0.345 e. The number of rotatable bonds is 3. The lowest BCUT2D eigenvalue weighted by Crippen LogP contribution is -2.31. The molecule has 3 rings (SSSR count). The zero-order chi connectivity index (χ0) is 17.3. The van der Waals surface area contributed by atoms with E-state index in [4.69, 9.17) is 0 Å². The van der Waals surface area contributed by atoms with Gasteiger partial charge in [-0.3, -0.25) is 4.79 Å². The molecule has 0 spiro atoms. The molecule has 0 fully saturated rings.